The largest absolute Gasteiger partial charge is 0.342 e. The second kappa shape index (κ2) is 7.51. The maximum Gasteiger partial charge on any atom is 0.266 e. The summed E-state index contributed by atoms with van der Waals surface area (Å²) in [7, 11) is 0. The van der Waals surface area contributed by atoms with Crippen LogP contribution in [0.4, 0.5) is 0 Å². The van der Waals surface area contributed by atoms with Gasteiger partial charge in [-0.3, -0.25) is 9.59 Å². The van der Waals surface area contributed by atoms with Crippen LogP contribution in [-0.4, -0.2) is 48.4 Å². The van der Waals surface area contributed by atoms with Crippen LogP contribution in [0, 0.1) is 5.92 Å². The highest BCUT2D eigenvalue weighted by atomic mass is 16.2. The average Bonchev–Trinajstić information content (AvgIpc) is 3.42. The maximum atomic E-state index is 13.2. The predicted molar refractivity (Wildman–Crippen MR) is 110 cm³/mol. The third-order valence-electron chi connectivity index (χ3n) is 6.32. The number of nitrogens with zero attached hydrogens (tertiary/aromatic N) is 6. The van der Waals surface area contributed by atoms with Crippen LogP contribution in [-0.2, 0) is 16.8 Å². The molecule has 1 saturated carbocycles. The Morgan fingerprint density at radius 3 is 2.50 bits per heavy atom. The van der Waals surface area contributed by atoms with Crippen LogP contribution in [0.25, 0.3) is 5.82 Å². The number of hydrogen-bond acceptors (Lipinski definition) is 5. The van der Waals surface area contributed by atoms with Crippen LogP contribution in [0.2, 0.25) is 0 Å². The Labute approximate surface area is 174 Å². The summed E-state index contributed by atoms with van der Waals surface area (Å²) in [6, 6.07) is 13.3. The number of hydrogen-bond donors (Lipinski definition) is 0. The van der Waals surface area contributed by atoms with Crippen LogP contribution in [0.5, 0.6) is 0 Å². The molecule has 0 spiro atoms. The Morgan fingerprint density at radius 2 is 1.83 bits per heavy atom. The standard InChI is InChI=1S/C22H24N6O2/c29-20-7-6-19(28-16-23-15-24-28)25-27(20)14-17-8-12-26(13-9-17)21(30)22(10-11-22)18-4-2-1-3-5-18/h1-7,15-17H,8-14H2. The second-order valence-electron chi connectivity index (χ2n) is 8.24. The van der Waals surface area contributed by atoms with E-state index >= 15 is 0 Å². The number of likely N-dealkylation sites (tertiary alicyclic amines) is 1. The highest BCUT2D eigenvalue weighted by Crippen LogP contribution is 2.49. The third-order valence-corrected chi connectivity index (χ3v) is 6.32. The molecule has 1 saturated heterocycles. The summed E-state index contributed by atoms with van der Waals surface area (Å²) in [6.07, 6.45) is 6.61. The van der Waals surface area contributed by atoms with Crippen molar-refractivity contribution in [2.75, 3.05) is 13.1 Å². The molecule has 5 rings (SSSR count). The molecule has 154 valence electrons. The van der Waals surface area contributed by atoms with E-state index in [1.54, 1.807) is 12.4 Å². The van der Waals surface area contributed by atoms with Gasteiger partial charge in [-0.05, 0) is 43.2 Å². The number of amides is 1. The Bertz CT molecular complexity index is 1080. The highest BCUT2D eigenvalue weighted by molar-refractivity contribution is 5.91. The van der Waals surface area contributed by atoms with Gasteiger partial charge in [0.05, 0.1) is 5.41 Å². The molecular formula is C22H24N6O2. The highest BCUT2D eigenvalue weighted by Gasteiger charge is 2.53. The van der Waals surface area contributed by atoms with Crippen LogP contribution >= 0.6 is 0 Å². The first-order valence-corrected chi connectivity index (χ1v) is 10.4. The fourth-order valence-corrected chi connectivity index (χ4v) is 4.39. The van der Waals surface area contributed by atoms with E-state index in [0.29, 0.717) is 18.3 Å². The van der Waals surface area contributed by atoms with Crippen LogP contribution in [0.15, 0.2) is 59.9 Å². The van der Waals surface area contributed by atoms with Gasteiger partial charge >= 0.3 is 0 Å². The lowest BCUT2D eigenvalue weighted by Crippen LogP contribution is -2.45. The van der Waals surface area contributed by atoms with Gasteiger partial charge in [-0.25, -0.2) is 14.3 Å². The maximum absolute atomic E-state index is 13.2. The summed E-state index contributed by atoms with van der Waals surface area (Å²) in [6.45, 7) is 2.01. The van der Waals surface area contributed by atoms with Crippen LogP contribution < -0.4 is 5.56 Å². The lowest BCUT2D eigenvalue weighted by Gasteiger charge is -2.34. The van der Waals surface area contributed by atoms with Crippen molar-refractivity contribution in [1.29, 1.82) is 0 Å². The molecule has 0 N–H and O–H groups in total. The van der Waals surface area contributed by atoms with E-state index in [1.165, 1.54) is 21.8 Å². The van der Waals surface area contributed by atoms with Crippen molar-refractivity contribution in [3.63, 3.8) is 0 Å². The van der Waals surface area contributed by atoms with E-state index in [1.807, 2.05) is 23.1 Å². The molecule has 8 nitrogen and oxygen atoms in total. The van der Waals surface area contributed by atoms with Gasteiger partial charge in [-0.1, -0.05) is 30.3 Å². The number of carbonyl (C=O) groups is 1. The fourth-order valence-electron chi connectivity index (χ4n) is 4.39. The van der Waals surface area contributed by atoms with E-state index in [4.69, 9.17) is 0 Å². The summed E-state index contributed by atoms with van der Waals surface area (Å²) in [4.78, 5) is 31.4. The molecule has 1 amide bonds. The Hall–Kier alpha value is -3.29. The molecule has 2 fully saturated rings. The Kier molecular flexibility index (Phi) is 4.69. The van der Waals surface area contributed by atoms with Crippen molar-refractivity contribution < 1.29 is 4.79 Å². The first kappa shape index (κ1) is 18.7. The van der Waals surface area contributed by atoms with Crippen molar-refractivity contribution in [3.8, 4) is 5.82 Å². The van der Waals surface area contributed by atoms with Crippen molar-refractivity contribution in [2.45, 2.75) is 37.6 Å². The molecule has 0 radical (unpaired) electrons. The van der Waals surface area contributed by atoms with Gasteiger partial charge in [0, 0.05) is 25.7 Å². The Balaban J connectivity index is 1.23. The zero-order valence-electron chi connectivity index (χ0n) is 16.7. The van der Waals surface area contributed by atoms with E-state index in [0.717, 1.165) is 44.3 Å². The molecule has 1 aliphatic heterocycles. The summed E-state index contributed by atoms with van der Waals surface area (Å²) in [5.41, 5.74) is 0.704. The first-order chi connectivity index (χ1) is 14.7. The third kappa shape index (κ3) is 3.42. The number of benzene rings is 1. The smallest absolute Gasteiger partial charge is 0.266 e. The van der Waals surface area contributed by atoms with Gasteiger partial charge < -0.3 is 4.90 Å². The first-order valence-electron chi connectivity index (χ1n) is 10.4. The average molecular weight is 404 g/mol. The molecular weight excluding hydrogens is 380 g/mol. The van der Waals surface area contributed by atoms with Crippen molar-refractivity contribution in [3.05, 3.63) is 71.0 Å². The van der Waals surface area contributed by atoms with Crippen molar-refractivity contribution in [2.24, 2.45) is 5.92 Å². The predicted octanol–water partition coefficient (Wildman–Crippen LogP) is 1.79. The molecule has 1 aromatic carbocycles. The summed E-state index contributed by atoms with van der Waals surface area (Å²) in [5.74, 6) is 1.14. The van der Waals surface area contributed by atoms with Gasteiger partial charge in [-0.2, -0.15) is 5.10 Å². The van der Waals surface area contributed by atoms with E-state index < -0.39 is 0 Å². The number of rotatable bonds is 5. The van der Waals surface area contributed by atoms with Gasteiger partial charge in [-0.15, -0.1) is 5.10 Å². The van der Waals surface area contributed by atoms with Gasteiger partial charge in [0.25, 0.3) is 5.56 Å². The molecule has 2 aliphatic rings. The van der Waals surface area contributed by atoms with E-state index in [-0.39, 0.29) is 16.9 Å². The van der Waals surface area contributed by atoms with E-state index in [9.17, 15) is 9.59 Å². The quantitative estimate of drug-likeness (QED) is 0.647. The zero-order valence-corrected chi connectivity index (χ0v) is 16.7. The van der Waals surface area contributed by atoms with Gasteiger partial charge in [0.2, 0.25) is 5.91 Å². The van der Waals surface area contributed by atoms with E-state index in [2.05, 4.69) is 27.3 Å². The normalized spacial score (nSPS) is 18.3. The molecule has 0 unspecified atom stereocenters. The molecule has 3 heterocycles. The molecule has 8 heteroatoms. The van der Waals surface area contributed by atoms with Crippen molar-refractivity contribution in [1.82, 2.24) is 29.4 Å². The molecule has 3 aromatic rings. The summed E-state index contributed by atoms with van der Waals surface area (Å²) in [5, 5.41) is 8.51. The number of aromatic nitrogens is 5. The SMILES string of the molecule is O=C(N1CCC(Cn2nc(-n3cncn3)ccc2=O)CC1)C1(c2ccccc2)CC1. The topological polar surface area (TPSA) is 85.9 Å². The molecule has 0 bridgehead atoms. The van der Waals surface area contributed by atoms with Crippen molar-refractivity contribution >= 4 is 5.91 Å². The van der Waals surface area contributed by atoms with Gasteiger partial charge in [0.15, 0.2) is 5.82 Å². The molecule has 0 atom stereocenters. The Morgan fingerprint density at radius 1 is 1.07 bits per heavy atom. The lowest BCUT2D eigenvalue weighted by molar-refractivity contribution is -0.135. The number of piperidine rings is 1. The summed E-state index contributed by atoms with van der Waals surface area (Å²) >= 11 is 0. The molecule has 2 aromatic heterocycles. The molecule has 30 heavy (non-hydrogen) atoms. The van der Waals surface area contributed by atoms with Crippen LogP contribution in [0.3, 0.4) is 0 Å². The second-order valence-corrected chi connectivity index (χ2v) is 8.24. The molecule has 1 aliphatic carbocycles. The monoisotopic (exact) mass is 404 g/mol. The fraction of sp³-hybridized carbons (Fsp3) is 0.409. The van der Waals surface area contributed by atoms with Crippen LogP contribution in [0.1, 0.15) is 31.2 Å². The minimum Gasteiger partial charge on any atom is -0.342 e. The summed E-state index contributed by atoms with van der Waals surface area (Å²) < 4.78 is 3.04. The minimum atomic E-state index is -0.307. The lowest BCUT2D eigenvalue weighted by atomic mass is 9.91. The zero-order chi connectivity index (χ0) is 20.6. The van der Waals surface area contributed by atoms with Gasteiger partial charge in [0.1, 0.15) is 12.7 Å². The number of carbonyl (C=O) groups excluding carboxylic acids is 1. The minimum absolute atomic E-state index is 0.126.